The minimum atomic E-state index is -0.764. The van der Waals surface area contributed by atoms with Gasteiger partial charge in [-0.05, 0) is 72.0 Å². The zero-order valence-corrected chi connectivity index (χ0v) is 20.5. The number of aromatic nitrogens is 1. The Kier molecular flexibility index (Phi) is 7.68. The number of nitrogens with zero attached hydrogens (tertiary/aromatic N) is 2. The molecule has 8 nitrogen and oxygen atoms in total. The maximum atomic E-state index is 13.7. The van der Waals surface area contributed by atoms with E-state index in [2.05, 4.69) is 15.6 Å². The Hall–Kier alpha value is -4.14. The molecular formula is C27H29FN4O4. The van der Waals surface area contributed by atoms with Gasteiger partial charge in [0.1, 0.15) is 11.9 Å². The normalized spacial score (nSPS) is 15.4. The van der Waals surface area contributed by atoms with Crippen LogP contribution in [0.5, 0.6) is 11.5 Å². The number of methoxy groups -OCH3 is 2. The third kappa shape index (κ3) is 5.40. The summed E-state index contributed by atoms with van der Waals surface area (Å²) in [6, 6.07) is 11.8. The molecule has 1 aromatic heterocycles. The van der Waals surface area contributed by atoms with Gasteiger partial charge in [-0.15, -0.1) is 0 Å². The van der Waals surface area contributed by atoms with Crippen LogP contribution in [0.2, 0.25) is 0 Å². The highest BCUT2D eigenvalue weighted by molar-refractivity contribution is 5.87. The lowest BCUT2D eigenvalue weighted by Gasteiger charge is -2.38. The smallest absolute Gasteiger partial charge is 0.318 e. The zero-order valence-electron chi connectivity index (χ0n) is 20.5. The standard InChI is InChI=1S/C27H29FN4O4/c1-17(26(33)30-16-18-8-11-29-12-9-18)31-27(34)32-13-10-20-14-23(35-2)24(36-3)15-22(20)25(32)19-4-6-21(28)7-5-19/h4-9,11-12,14-15,17,25H,10,13,16H2,1-3H3,(H,30,33)(H,31,34)/t17-,25+/m1/s1. The number of hydrogen-bond acceptors (Lipinski definition) is 5. The highest BCUT2D eigenvalue weighted by atomic mass is 19.1. The summed E-state index contributed by atoms with van der Waals surface area (Å²) in [4.78, 5) is 31.7. The van der Waals surface area contributed by atoms with Crippen LogP contribution in [0.25, 0.3) is 0 Å². The molecule has 3 aromatic rings. The van der Waals surface area contributed by atoms with Crippen LogP contribution in [0.15, 0.2) is 60.9 Å². The molecule has 2 heterocycles. The van der Waals surface area contributed by atoms with Gasteiger partial charge in [-0.2, -0.15) is 0 Å². The Bertz CT molecular complexity index is 1220. The molecule has 2 N–H and O–H groups in total. The van der Waals surface area contributed by atoms with E-state index in [1.807, 2.05) is 24.3 Å². The Balaban J connectivity index is 1.57. The molecule has 0 fully saturated rings. The van der Waals surface area contributed by atoms with E-state index in [0.717, 1.165) is 22.3 Å². The molecule has 1 aliphatic rings. The summed E-state index contributed by atoms with van der Waals surface area (Å²) in [6.07, 6.45) is 3.89. The van der Waals surface area contributed by atoms with Gasteiger partial charge >= 0.3 is 6.03 Å². The first-order valence-electron chi connectivity index (χ1n) is 11.6. The van der Waals surface area contributed by atoms with Crippen LogP contribution in [-0.2, 0) is 17.8 Å². The van der Waals surface area contributed by atoms with Gasteiger partial charge < -0.3 is 25.0 Å². The number of nitrogens with one attached hydrogen (secondary N) is 2. The van der Waals surface area contributed by atoms with Crippen molar-refractivity contribution in [2.75, 3.05) is 20.8 Å². The molecule has 3 amide bonds. The Morgan fingerprint density at radius 3 is 2.42 bits per heavy atom. The molecule has 188 valence electrons. The van der Waals surface area contributed by atoms with E-state index >= 15 is 0 Å². The van der Waals surface area contributed by atoms with Crippen molar-refractivity contribution in [3.05, 3.63) is 89.0 Å². The number of pyridine rings is 1. The second kappa shape index (κ2) is 11.1. The van der Waals surface area contributed by atoms with Crippen LogP contribution in [0.4, 0.5) is 9.18 Å². The SMILES string of the molecule is COc1cc2c(cc1OC)[C@H](c1ccc(F)cc1)N(C(=O)N[C@H](C)C(=O)NCc1ccncc1)CC2. The molecular weight excluding hydrogens is 463 g/mol. The van der Waals surface area contributed by atoms with Gasteiger partial charge in [-0.1, -0.05) is 12.1 Å². The number of benzene rings is 2. The first kappa shape index (κ1) is 25.0. The van der Waals surface area contributed by atoms with Crippen molar-refractivity contribution < 1.29 is 23.5 Å². The Morgan fingerprint density at radius 1 is 1.08 bits per heavy atom. The van der Waals surface area contributed by atoms with Gasteiger partial charge in [0.15, 0.2) is 11.5 Å². The average molecular weight is 493 g/mol. The van der Waals surface area contributed by atoms with E-state index in [9.17, 15) is 14.0 Å². The minimum absolute atomic E-state index is 0.303. The number of hydrogen-bond donors (Lipinski definition) is 2. The second-order valence-electron chi connectivity index (χ2n) is 8.55. The molecule has 0 bridgehead atoms. The van der Waals surface area contributed by atoms with E-state index in [4.69, 9.17) is 9.47 Å². The second-order valence-corrected chi connectivity index (χ2v) is 8.55. The van der Waals surface area contributed by atoms with Crippen LogP contribution in [0, 0.1) is 5.82 Å². The van der Waals surface area contributed by atoms with Crippen LogP contribution in [-0.4, -0.2) is 48.6 Å². The summed E-state index contributed by atoms with van der Waals surface area (Å²) in [6.45, 7) is 2.37. The van der Waals surface area contributed by atoms with E-state index < -0.39 is 18.1 Å². The molecule has 0 aliphatic carbocycles. The number of carbonyl (C=O) groups is 2. The highest BCUT2D eigenvalue weighted by Crippen LogP contribution is 2.41. The lowest BCUT2D eigenvalue weighted by Crippen LogP contribution is -2.52. The summed E-state index contributed by atoms with van der Waals surface area (Å²) >= 11 is 0. The summed E-state index contributed by atoms with van der Waals surface area (Å²) in [5.41, 5.74) is 3.52. The van der Waals surface area contributed by atoms with E-state index in [-0.39, 0.29) is 11.7 Å². The fraction of sp³-hybridized carbons (Fsp3) is 0.296. The maximum absolute atomic E-state index is 13.7. The molecule has 2 aromatic carbocycles. The van der Waals surface area contributed by atoms with Gasteiger partial charge in [0.25, 0.3) is 0 Å². The van der Waals surface area contributed by atoms with Crippen molar-refractivity contribution >= 4 is 11.9 Å². The summed E-state index contributed by atoms with van der Waals surface area (Å²) in [5.74, 6) is 0.473. The number of carbonyl (C=O) groups excluding carboxylic acids is 2. The largest absolute Gasteiger partial charge is 0.493 e. The number of rotatable bonds is 7. The summed E-state index contributed by atoms with van der Waals surface area (Å²) in [7, 11) is 3.13. The van der Waals surface area contributed by atoms with Crippen molar-refractivity contribution in [3.8, 4) is 11.5 Å². The average Bonchev–Trinajstić information content (AvgIpc) is 2.91. The lowest BCUT2D eigenvalue weighted by atomic mass is 9.88. The van der Waals surface area contributed by atoms with E-state index in [1.165, 1.54) is 12.1 Å². The van der Waals surface area contributed by atoms with Crippen molar-refractivity contribution in [3.63, 3.8) is 0 Å². The fourth-order valence-corrected chi connectivity index (χ4v) is 4.35. The monoisotopic (exact) mass is 492 g/mol. The van der Waals surface area contributed by atoms with E-state index in [0.29, 0.717) is 31.0 Å². The molecule has 9 heteroatoms. The molecule has 0 unspecified atom stereocenters. The number of halogens is 1. The van der Waals surface area contributed by atoms with Crippen LogP contribution >= 0.6 is 0 Å². The molecule has 36 heavy (non-hydrogen) atoms. The van der Waals surface area contributed by atoms with E-state index in [1.54, 1.807) is 50.6 Å². The lowest BCUT2D eigenvalue weighted by molar-refractivity contribution is -0.122. The molecule has 1 aliphatic heterocycles. The molecule has 0 saturated heterocycles. The molecule has 0 spiro atoms. The number of amides is 3. The van der Waals surface area contributed by atoms with Crippen molar-refractivity contribution in [2.24, 2.45) is 0 Å². The van der Waals surface area contributed by atoms with Gasteiger partial charge in [0.2, 0.25) is 5.91 Å². The fourth-order valence-electron chi connectivity index (χ4n) is 4.35. The molecule has 0 radical (unpaired) electrons. The third-order valence-electron chi connectivity index (χ3n) is 6.27. The van der Waals surface area contributed by atoms with Crippen LogP contribution in [0.3, 0.4) is 0 Å². The number of urea groups is 1. The quantitative estimate of drug-likeness (QED) is 0.526. The summed E-state index contributed by atoms with van der Waals surface area (Å²) in [5, 5.41) is 5.64. The van der Waals surface area contributed by atoms with Gasteiger partial charge in [-0.25, -0.2) is 9.18 Å². The maximum Gasteiger partial charge on any atom is 0.318 e. The first-order valence-corrected chi connectivity index (χ1v) is 11.6. The highest BCUT2D eigenvalue weighted by Gasteiger charge is 2.34. The van der Waals surface area contributed by atoms with Gasteiger partial charge in [0.05, 0.1) is 20.3 Å². The van der Waals surface area contributed by atoms with Crippen molar-refractivity contribution in [1.82, 2.24) is 20.5 Å². The van der Waals surface area contributed by atoms with Crippen molar-refractivity contribution in [1.29, 1.82) is 0 Å². The van der Waals surface area contributed by atoms with Gasteiger partial charge in [0, 0.05) is 25.5 Å². The van der Waals surface area contributed by atoms with Crippen LogP contribution < -0.4 is 20.1 Å². The molecule has 4 rings (SSSR count). The number of fused-ring (bicyclic) bond motifs is 1. The minimum Gasteiger partial charge on any atom is -0.493 e. The first-order chi connectivity index (χ1) is 17.4. The molecule has 2 atom stereocenters. The zero-order chi connectivity index (χ0) is 25.7. The molecule has 0 saturated carbocycles. The van der Waals surface area contributed by atoms with Gasteiger partial charge in [-0.3, -0.25) is 9.78 Å². The van der Waals surface area contributed by atoms with Crippen molar-refractivity contribution in [2.45, 2.75) is 32.0 Å². The predicted octanol–water partition coefficient (Wildman–Crippen LogP) is 3.60. The summed E-state index contributed by atoms with van der Waals surface area (Å²) < 4.78 is 24.7. The Labute approximate surface area is 209 Å². The third-order valence-corrected chi connectivity index (χ3v) is 6.27. The number of ether oxygens (including phenoxy) is 2. The Morgan fingerprint density at radius 2 is 1.75 bits per heavy atom. The van der Waals surface area contributed by atoms with Crippen LogP contribution in [0.1, 0.15) is 35.2 Å². The topological polar surface area (TPSA) is 92.8 Å². The predicted molar refractivity (Wildman–Crippen MR) is 132 cm³/mol.